The highest BCUT2D eigenvalue weighted by Crippen LogP contribution is 2.17. The first-order valence-corrected chi connectivity index (χ1v) is 10.3. The number of hydrazone groups is 1. The van der Waals surface area contributed by atoms with Crippen LogP contribution in [0.15, 0.2) is 77.9 Å². The summed E-state index contributed by atoms with van der Waals surface area (Å²) in [6.07, 6.45) is 1.32. The Morgan fingerprint density at radius 1 is 0.909 bits per heavy atom. The van der Waals surface area contributed by atoms with Gasteiger partial charge in [0.25, 0.3) is 5.91 Å². The lowest BCUT2D eigenvalue weighted by Gasteiger charge is -2.10. The SMILES string of the molecule is Cc1cccc(NC(=O)C(=O)N/N=C\c2ccccc2OCC(=O)Nc2cccc(Cl)c2)c1. The van der Waals surface area contributed by atoms with E-state index in [4.69, 9.17) is 16.3 Å². The second kappa shape index (κ2) is 11.4. The second-order valence-electron chi connectivity index (χ2n) is 6.91. The molecule has 0 radical (unpaired) electrons. The molecule has 8 nitrogen and oxygen atoms in total. The first kappa shape index (κ1) is 23.5. The van der Waals surface area contributed by atoms with Gasteiger partial charge in [0.05, 0.1) is 6.21 Å². The van der Waals surface area contributed by atoms with Crippen molar-refractivity contribution in [3.05, 3.63) is 88.9 Å². The maximum Gasteiger partial charge on any atom is 0.329 e. The summed E-state index contributed by atoms with van der Waals surface area (Å²) in [5.41, 5.74) is 4.68. The number of halogens is 1. The van der Waals surface area contributed by atoms with E-state index in [1.807, 2.05) is 13.0 Å². The largest absolute Gasteiger partial charge is 0.483 e. The lowest BCUT2D eigenvalue weighted by molar-refractivity contribution is -0.136. The van der Waals surface area contributed by atoms with Crippen LogP contribution in [0.2, 0.25) is 5.02 Å². The summed E-state index contributed by atoms with van der Waals surface area (Å²) in [5, 5.41) is 9.49. The molecule has 0 heterocycles. The third-order valence-corrected chi connectivity index (χ3v) is 4.47. The average molecular weight is 465 g/mol. The zero-order valence-corrected chi connectivity index (χ0v) is 18.4. The molecule has 0 aliphatic carbocycles. The molecule has 0 atom stereocenters. The minimum atomic E-state index is -0.924. The summed E-state index contributed by atoms with van der Waals surface area (Å²) in [5.74, 6) is -1.77. The third kappa shape index (κ3) is 7.48. The van der Waals surface area contributed by atoms with Gasteiger partial charge in [-0.15, -0.1) is 0 Å². The van der Waals surface area contributed by atoms with Crippen LogP contribution in [0.4, 0.5) is 11.4 Å². The van der Waals surface area contributed by atoms with Gasteiger partial charge in [-0.1, -0.05) is 41.9 Å². The van der Waals surface area contributed by atoms with E-state index in [9.17, 15) is 14.4 Å². The zero-order chi connectivity index (χ0) is 23.6. The van der Waals surface area contributed by atoms with Crippen LogP contribution in [0, 0.1) is 6.92 Å². The summed E-state index contributed by atoms with van der Waals surface area (Å²) in [6, 6.07) is 20.6. The van der Waals surface area contributed by atoms with Crippen LogP contribution >= 0.6 is 11.6 Å². The highest BCUT2D eigenvalue weighted by atomic mass is 35.5. The molecule has 0 spiro atoms. The quantitative estimate of drug-likeness (QED) is 0.281. The fraction of sp³-hybridized carbons (Fsp3) is 0.0833. The molecule has 3 N–H and O–H groups in total. The van der Waals surface area contributed by atoms with Gasteiger partial charge in [-0.3, -0.25) is 14.4 Å². The molecule has 3 aromatic carbocycles. The van der Waals surface area contributed by atoms with Gasteiger partial charge >= 0.3 is 11.8 Å². The van der Waals surface area contributed by atoms with Crippen molar-refractivity contribution >= 4 is 46.9 Å². The van der Waals surface area contributed by atoms with Crippen molar-refractivity contribution < 1.29 is 19.1 Å². The number of amides is 3. The van der Waals surface area contributed by atoms with E-state index in [1.165, 1.54) is 6.21 Å². The lowest BCUT2D eigenvalue weighted by atomic mass is 10.2. The third-order valence-electron chi connectivity index (χ3n) is 4.24. The molecule has 0 fully saturated rings. The second-order valence-corrected chi connectivity index (χ2v) is 7.34. The Balaban J connectivity index is 1.53. The van der Waals surface area contributed by atoms with Crippen LogP contribution in [-0.2, 0) is 14.4 Å². The number of rotatable bonds is 7. The molecule has 3 amide bonds. The van der Waals surface area contributed by atoms with Crippen molar-refractivity contribution in [1.29, 1.82) is 0 Å². The van der Waals surface area contributed by atoms with Gasteiger partial charge in [-0.25, -0.2) is 5.43 Å². The number of nitrogens with one attached hydrogen (secondary N) is 3. The van der Waals surface area contributed by atoms with E-state index in [0.29, 0.717) is 27.7 Å². The van der Waals surface area contributed by atoms with Gasteiger partial charge in [-0.05, 0) is 55.0 Å². The van der Waals surface area contributed by atoms with Crippen molar-refractivity contribution in [3.63, 3.8) is 0 Å². The molecule has 9 heteroatoms. The zero-order valence-electron chi connectivity index (χ0n) is 17.7. The Hall–Kier alpha value is -4.17. The number of carbonyl (C=O) groups is 3. The predicted octanol–water partition coefficient (Wildman–Crippen LogP) is 3.75. The number of ether oxygens (including phenoxy) is 1. The summed E-state index contributed by atoms with van der Waals surface area (Å²) >= 11 is 5.91. The number of hydrogen-bond donors (Lipinski definition) is 3. The van der Waals surface area contributed by atoms with Crippen LogP contribution in [-0.4, -0.2) is 30.5 Å². The van der Waals surface area contributed by atoms with Crippen molar-refractivity contribution in [3.8, 4) is 5.75 Å². The molecule has 0 unspecified atom stereocenters. The number of anilines is 2. The van der Waals surface area contributed by atoms with E-state index >= 15 is 0 Å². The van der Waals surface area contributed by atoms with Crippen LogP contribution < -0.4 is 20.8 Å². The van der Waals surface area contributed by atoms with E-state index in [1.54, 1.807) is 66.7 Å². The molecule has 33 heavy (non-hydrogen) atoms. The Labute approximate surface area is 195 Å². The van der Waals surface area contributed by atoms with Gasteiger partial charge in [0.1, 0.15) is 5.75 Å². The number of hydrogen-bond acceptors (Lipinski definition) is 5. The molecule has 0 bridgehead atoms. The maximum absolute atomic E-state index is 12.1. The average Bonchev–Trinajstić information content (AvgIpc) is 2.78. The van der Waals surface area contributed by atoms with Gasteiger partial charge in [0.2, 0.25) is 0 Å². The number of para-hydroxylation sites is 1. The number of carbonyl (C=O) groups excluding carboxylic acids is 3. The summed E-state index contributed by atoms with van der Waals surface area (Å²) in [6.45, 7) is 1.63. The summed E-state index contributed by atoms with van der Waals surface area (Å²) in [7, 11) is 0. The molecule has 0 saturated heterocycles. The smallest absolute Gasteiger partial charge is 0.329 e. The lowest BCUT2D eigenvalue weighted by Crippen LogP contribution is -2.32. The molecule has 168 valence electrons. The molecule has 0 aliphatic rings. The molecular formula is C24H21ClN4O4. The van der Waals surface area contributed by atoms with E-state index in [2.05, 4.69) is 21.2 Å². The molecule has 0 saturated carbocycles. The standard InChI is InChI=1S/C24H21ClN4O4/c1-16-6-4-9-19(12-16)28-23(31)24(32)29-26-14-17-7-2-3-11-21(17)33-15-22(30)27-20-10-5-8-18(25)13-20/h2-14H,15H2,1H3,(H,27,30)(H,28,31)(H,29,32)/b26-14-. The minimum absolute atomic E-state index is 0.247. The Bertz CT molecular complexity index is 1200. The number of nitrogens with zero attached hydrogens (tertiary/aromatic N) is 1. The monoisotopic (exact) mass is 464 g/mol. The van der Waals surface area contributed by atoms with Crippen molar-refractivity contribution in [2.75, 3.05) is 17.2 Å². The van der Waals surface area contributed by atoms with Gasteiger partial charge in [-0.2, -0.15) is 5.10 Å². The van der Waals surface area contributed by atoms with E-state index < -0.39 is 11.8 Å². The Morgan fingerprint density at radius 2 is 1.64 bits per heavy atom. The van der Waals surface area contributed by atoms with E-state index in [0.717, 1.165) is 5.56 Å². The molecule has 3 rings (SSSR count). The number of aryl methyl sites for hydroxylation is 1. The van der Waals surface area contributed by atoms with Crippen molar-refractivity contribution in [1.82, 2.24) is 5.43 Å². The Kier molecular flexibility index (Phi) is 8.15. The normalized spacial score (nSPS) is 10.5. The number of benzene rings is 3. The van der Waals surface area contributed by atoms with Gasteiger partial charge < -0.3 is 15.4 Å². The highest BCUT2D eigenvalue weighted by molar-refractivity contribution is 6.39. The van der Waals surface area contributed by atoms with Crippen molar-refractivity contribution in [2.24, 2.45) is 5.10 Å². The highest BCUT2D eigenvalue weighted by Gasteiger charge is 2.13. The maximum atomic E-state index is 12.1. The van der Waals surface area contributed by atoms with Crippen LogP contribution in [0.25, 0.3) is 0 Å². The van der Waals surface area contributed by atoms with Crippen LogP contribution in [0.1, 0.15) is 11.1 Å². The van der Waals surface area contributed by atoms with Crippen LogP contribution in [0.5, 0.6) is 5.75 Å². The Morgan fingerprint density at radius 3 is 2.39 bits per heavy atom. The molecule has 3 aromatic rings. The molecular weight excluding hydrogens is 444 g/mol. The molecule has 0 aromatic heterocycles. The first-order valence-electron chi connectivity index (χ1n) is 9.89. The molecule has 0 aliphatic heterocycles. The summed E-state index contributed by atoms with van der Waals surface area (Å²) in [4.78, 5) is 36.1. The van der Waals surface area contributed by atoms with Gasteiger partial charge in [0.15, 0.2) is 6.61 Å². The minimum Gasteiger partial charge on any atom is -0.483 e. The first-order chi connectivity index (χ1) is 15.9. The van der Waals surface area contributed by atoms with Crippen LogP contribution in [0.3, 0.4) is 0 Å². The summed E-state index contributed by atoms with van der Waals surface area (Å²) < 4.78 is 5.57. The fourth-order valence-electron chi connectivity index (χ4n) is 2.75. The topological polar surface area (TPSA) is 109 Å². The van der Waals surface area contributed by atoms with Gasteiger partial charge in [0, 0.05) is 22.0 Å². The van der Waals surface area contributed by atoms with Crippen molar-refractivity contribution in [2.45, 2.75) is 6.92 Å². The van der Waals surface area contributed by atoms with E-state index in [-0.39, 0.29) is 12.5 Å². The fourth-order valence-corrected chi connectivity index (χ4v) is 2.94. The predicted molar refractivity (Wildman–Crippen MR) is 128 cm³/mol.